The van der Waals surface area contributed by atoms with Gasteiger partial charge in [-0.2, -0.15) is 9.99 Å². The maximum absolute atomic E-state index is 8.75. The minimum atomic E-state index is 0.607. The fourth-order valence-corrected chi connectivity index (χ4v) is 1.47. The van der Waals surface area contributed by atoms with Crippen molar-refractivity contribution < 1.29 is 4.84 Å². The molecule has 1 aromatic heterocycles. The molecule has 0 bridgehead atoms. The molecule has 0 spiro atoms. The van der Waals surface area contributed by atoms with Crippen molar-refractivity contribution in [2.45, 2.75) is 6.92 Å². The third kappa shape index (κ3) is 1.11. The Hall–Kier alpha value is -2.02. The second kappa shape index (κ2) is 3.04. The maximum Gasteiger partial charge on any atom is 0.143 e. The lowest BCUT2D eigenvalue weighted by Gasteiger charge is -2.02. The molecule has 0 aliphatic carbocycles. The van der Waals surface area contributed by atoms with Crippen molar-refractivity contribution in [3.63, 3.8) is 0 Å². The van der Waals surface area contributed by atoms with E-state index in [4.69, 9.17) is 10.1 Å². The molecule has 0 N–H and O–H groups in total. The predicted molar refractivity (Wildman–Crippen MR) is 51.7 cm³/mol. The summed E-state index contributed by atoms with van der Waals surface area (Å²) < 4.78 is 1.61. The van der Waals surface area contributed by atoms with Gasteiger partial charge in [0.15, 0.2) is 0 Å². The van der Waals surface area contributed by atoms with Gasteiger partial charge in [0.2, 0.25) is 0 Å². The van der Waals surface area contributed by atoms with Crippen molar-refractivity contribution in [3.05, 3.63) is 29.6 Å². The highest BCUT2D eigenvalue weighted by Crippen LogP contribution is 2.15. The fourth-order valence-electron chi connectivity index (χ4n) is 1.47. The van der Waals surface area contributed by atoms with Gasteiger partial charge < -0.3 is 4.84 Å². The molecule has 0 atom stereocenters. The summed E-state index contributed by atoms with van der Waals surface area (Å²) in [5.41, 5.74) is 2.27. The average Bonchev–Trinajstić information content (AvgIpc) is 2.52. The van der Waals surface area contributed by atoms with Crippen molar-refractivity contribution in [1.29, 1.82) is 5.26 Å². The highest BCUT2D eigenvalue weighted by molar-refractivity contribution is 5.77. The van der Waals surface area contributed by atoms with E-state index in [1.54, 1.807) is 24.0 Å². The third-order valence-electron chi connectivity index (χ3n) is 2.08. The van der Waals surface area contributed by atoms with Gasteiger partial charge in [-0.25, -0.2) is 4.98 Å². The Morgan fingerprint density at radius 2 is 2.29 bits per heavy atom. The molecule has 0 amide bonds. The average molecular weight is 187 g/mol. The second-order valence-corrected chi connectivity index (χ2v) is 2.95. The molecule has 0 fully saturated rings. The first-order valence-electron chi connectivity index (χ1n) is 4.20. The lowest BCUT2D eigenvalue weighted by atomic mass is 10.2. The molecule has 0 aliphatic heterocycles. The largest absolute Gasteiger partial charge is 0.415 e. The highest BCUT2D eigenvalue weighted by Gasteiger charge is 2.07. The van der Waals surface area contributed by atoms with Crippen LogP contribution < -0.4 is 4.84 Å². The Morgan fingerprint density at radius 3 is 2.93 bits per heavy atom. The van der Waals surface area contributed by atoms with Crippen LogP contribution in [0.15, 0.2) is 18.2 Å². The Bertz CT molecular complexity index is 522. The van der Waals surface area contributed by atoms with Gasteiger partial charge in [0.05, 0.1) is 17.1 Å². The van der Waals surface area contributed by atoms with Gasteiger partial charge in [-0.05, 0) is 25.1 Å². The number of nitrogens with zero attached hydrogens (tertiary/aromatic N) is 3. The quantitative estimate of drug-likeness (QED) is 0.675. The van der Waals surface area contributed by atoms with Gasteiger partial charge in [0.25, 0.3) is 0 Å². The first kappa shape index (κ1) is 8.57. The van der Waals surface area contributed by atoms with Gasteiger partial charge in [0, 0.05) is 0 Å². The summed E-state index contributed by atoms with van der Waals surface area (Å²) in [6.07, 6.45) is 0. The first-order valence-corrected chi connectivity index (χ1v) is 4.20. The Balaban J connectivity index is 2.79. The zero-order valence-electron chi connectivity index (χ0n) is 7.98. The monoisotopic (exact) mass is 187 g/mol. The van der Waals surface area contributed by atoms with E-state index in [-0.39, 0.29) is 0 Å². The number of imidazole rings is 1. The van der Waals surface area contributed by atoms with Crippen LogP contribution in [0.1, 0.15) is 11.4 Å². The van der Waals surface area contributed by atoms with Crippen molar-refractivity contribution in [2.75, 3.05) is 7.11 Å². The van der Waals surface area contributed by atoms with E-state index in [1.807, 2.05) is 13.0 Å². The molecule has 4 nitrogen and oxygen atoms in total. The molecule has 0 radical (unpaired) electrons. The Morgan fingerprint density at radius 1 is 1.50 bits per heavy atom. The second-order valence-electron chi connectivity index (χ2n) is 2.95. The first-order chi connectivity index (χ1) is 6.76. The van der Waals surface area contributed by atoms with E-state index >= 15 is 0 Å². The molecule has 70 valence electrons. The lowest BCUT2D eigenvalue weighted by molar-refractivity contribution is 0.171. The fraction of sp³-hybridized carbons (Fsp3) is 0.200. The molecular weight excluding hydrogens is 178 g/mol. The standard InChI is InChI=1S/C10H9N3O/c1-7-12-9-4-3-8(6-11)5-10(9)13(7)14-2/h3-5H,1-2H3. The topological polar surface area (TPSA) is 50.8 Å². The molecule has 1 heterocycles. The minimum Gasteiger partial charge on any atom is -0.415 e. The zero-order chi connectivity index (χ0) is 10.1. The molecule has 4 heteroatoms. The van der Waals surface area contributed by atoms with E-state index < -0.39 is 0 Å². The molecule has 0 aliphatic rings. The number of aromatic nitrogens is 2. The number of aryl methyl sites for hydroxylation is 1. The molecule has 2 aromatic rings. The zero-order valence-corrected chi connectivity index (χ0v) is 7.98. The van der Waals surface area contributed by atoms with Crippen LogP contribution in [-0.2, 0) is 0 Å². The highest BCUT2D eigenvalue weighted by atomic mass is 16.6. The number of fused-ring (bicyclic) bond motifs is 1. The van der Waals surface area contributed by atoms with Gasteiger partial charge in [-0.3, -0.25) is 0 Å². The molecular formula is C10H9N3O. The van der Waals surface area contributed by atoms with E-state index in [0.717, 1.165) is 16.9 Å². The number of hydrogen-bond acceptors (Lipinski definition) is 3. The van der Waals surface area contributed by atoms with Crippen LogP contribution in [0.2, 0.25) is 0 Å². The normalized spacial score (nSPS) is 10.1. The van der Waals surface area contributed by atoms with E-state index in [9.17, 15) is 0 Å². The van der Waals surface area contributed by atoms with Crippen molar-refractivity contribution >= 4 is 11.0 Å². The van der Waals surface area contributed by atoms with Crippen LogP contribution in [-0.4, -0.2) is 16.8 Å². The third-order valence-corrected chi connectivity index (χ3v) is 2.08. The molecule has 0 saturated carbocycles. The van der Waals surface area contributed by atoms with Gasteiger partial charge >= 0.3 is 0 Å². The predicted octanol–water partition coefficient (Wildman–Crippen LogP) is 1.27. The van der Waals surface area contributed by atoms with Crippen LogP contribution >= 0.6 is 0 Å². The van der Waals surface area contributed by atoms with E-state index in [0.29, 0.717) is 5.56 Å². The smallest absolute Gasteiger partial charge is 0.143 e. The van der Waals surface area contributed by atoms with Crippen molar-refractivity contribution in [3.8, 4) is 6.07 Å². The van der Waals surface area contributed by atoms with Crippen LogP contribution in [0.4, 0.5) is 0 Å². The number of rotatable bonds is 1. The molecule has 0 unspecified atom stereocenters. The van der Waals surface area contributed by atoms with Gasteiger partial charge in [-0.15, -0.1) is 0 Å². The van der Waals surface area contributed by atoms with Crippen LogP contribution in [0.5, 0.6) is 0 Å². The Labute approximate surface area is 81.3 Å². The number of nitriles is 1. The lowest BCUT2D eigenvalue weighted by Crippen LogP contribution is -2.07. The summed E-state index contributed by atoms with van der Waals surface area (Å²) in [5.74, 6) is 0.776. The van der Waals surface area contributed by atoms with Crippen molar-refractivity contribution in [2.24, 2.45) is 0 Å². The maximum atomic E-state index is 8.75. The minimum absolute atomic E-state index is 0.607. The van der Waals surface area contributed by atoms with E-state index in [1.165, 1.54) is 0 Å². The molecule has 14 heavy (non-hydrogen) atoms. The molecule has 0 saturated heterocycles. The Kier molecular flexibility index (Phi) is 1.86. The van der Waals surface area contributed by atoms with Crippen molar-refractivity contribution in [1.82, 2.24) is 9.71 Å². The number of hydrogen-bond donors (Lipinski definition) is 0. The van der Waals surface area contributed by atoms with Crippen LogP contribution in [0, 0.1) is 18.3 Å². The summed E-state index contributed by atoms with van der Waals surface area (Å²) in [5, 5.41) is 8.75. The van der Waals surface area contributed by atoms with Crippen LogP contribution in [0.25, 0.3) is 11.0 Å². The number of benzene rings is 1. The summed E-state index contributed by atoms with van der Waals surface area (Å²) in [6.45, 7) is 1.86. The summed E-state index contributed by atoms with van der Waals surface area (Å²) >= 11 is 0. The summed E-state index contributed by atoms with van der Waals surface area (Å²) in [7, 11) is 1.58. The van der Waals surface area contributed by atoms with E-state index in [2.05, 4.69) is 11.1 Å². The molecule has 2 rings (SSSR count). The molecule has 1 aromatic carbocycles. The summed E-state index contributed by atoms with van der Waals surface area (Å²) in [4.78, 5) is 9.43. The summed E-state index contributed by atoms with van der Waals surface area (Å²) in [6, 6.07) is 7.41. The van der Waals surface area contributed by atoms with Gasteiger partial charge in [0.1, 0.15) is 18.5 Å². The SMILES string of the molecule is COn1c(C)nc2ccc(C#N)cc21. The van der Waals surface area contributed by atoms with Gasteiger partial charge in [-0.1, -0.05) is 0 Å². The van der Waals surface area contributed by atoms with Crippen LogP contribution in [0.3, 0.4) is 0 Å².